The van der Waals surface area contributed by atoms with Gasteiger partial charge in [-0.1, -0.05) is 148 Å². The topological polar surface area (TPSA) is 95.5 Å². The average molecular weight is 754 g/mol. The minimum Gasteiger partial charge on any atom is -0.379 e. The van der Waals surface area contributed by atoms with Crippen LogP contribution in [0.15, 0.2) is 49.7 Å². The molecule has 0 saturated carbocycles. The van der Waals surface area contributed by atoms with E-state index in [0.29, 0.717) is 18.9 Å². The second-order valence-corrected chi connectivity index (χ2v) is 16.3. The fourth-order valence-corrected chi connectivity index (χ4v) is 7.95. The fourth-order valence-electron chi connectivity index (χ4n) is 6.63. The zero-order valence-electron chi connectivity index (χ0n) is 33.9. The van der Waals surface area contributed by atoms with E-state index in [4.69, 9.17) is 23.0 Å². The molecule has 1 aliphatic rings. The smallest absolute Gasteiger partial charge is 0.379 e. The Morgan fingerprint density at radius 3 is 1.90 bits per heavy atom. The number of nitrogens with one attached hydrogen (secondary N) is 1. The third-order valence-electron chi connectivity index (χ3n) is 9.85. The Balaban J connectivity index is 2.76. The summed E-state index contributed by atoms with van der Waals surface area (Å²) in [6, 6.07) is -0.678. The van der Waals surface area contributed by atoms with Crippen molar-refractivity contribution in [3.63, 3.8) is 0 Å². The van der Waals surface area contributed by atoms with E-state index in [1.54, 1.807) is 0 Å². The molecule has 6 atom stereocenters. The SMILES string of the molecule is C=CCOP(=O)(OCC=C)O[C@H]1[C@H](OCC[C@H](C)CCCCCCC)[C@@H](NC(=C)CCCCCCCCC/C=C\CCCCCC)C(O)O[C@@H]1CC. The number of allylic oxidation sites excluding steroid dienone is 3. The van der Waals surface area contributed by atoms with Gasteiger partial charge in [0.05, 0.1) is 19.3 Å². The summed E-state index contributed by atoms with van der Waals surface area (Å²) in [5.74, 6) is 0.494. The van der Waals surface area contributed by atoms with Gasteiger partial charge in [-0.15, -0.1) is 13.2 Å². The molecule has 1 unspecified atom stereocenters. The lowest BCUT2D eigenvalue weighted by Crippen LogP contribution is -2.63. The monoisotopic (exact) mass is 754 g/mol. The van der Waals surface area contributed by atoms with Crippen LogP contribution in [0.1, 0.15) is 169 Å². The van der Waals surface area contributed by atoms with Gasteiger partial charge < -0.3 is 19.9 Å². The van der Waals surface area contributed by atoms with Gasteiger partial charge in [-0.2, -0.15) is 0 Å². The second-order valence-electron chi connectivity index (χ2n) is 14.7. The lowest BCUT2D eigenvalue weighted by Gasteiger charge is -2.45. The maximum Gasteiger partial charge on any atom is 0.475 e. The molecule has 2 N–H and O–H groups in total. The van der Waals surface area contributed by atoms with Gasteiger partial charge in [0, 0.05) is 12.3 Å². The van der Waals surface area contributed by atoms with Crippen LogP contribution >= 0.6 is 7.82 Å². The molecule has 0 spiro atoms. The Bertz CT molecular complexity index is 959. The molecule has 0 amide bonds. The van der Waals surface area contributed by atoms with Gasteiger partial charge in [0.15, 0.2) is 6.29 Å². The summed E-state index contributed by atoms with van der Waals surface area (Å²) >= 11 is 0. The summed E-state index contributed by atoms with van der Waals surface area (Å²) in [5.41, 5.74) is 0.811. The van der Waals surface area contributed by atoms with Crippen molar-refractivity contribution in [1.29, 1.82) is 0 Å². The third kappa shape index (κ3) is 22.8. The van der Waals surface area contributed by atoms with Crippen LogP contribution in [0.5, 0.6) is 0 Å². The normalized spacial score (nSPS) is 21.4. The number of phosphoric ester groups is 1. The highest BCUT2D eigenvalue weighted by atomic mass is 31.2. The first kappa shape index (κ1) is 48.8. The maximum absolute atomic E-state index is 13.8. The van der Waals surface area contributed by atoms with Crippen LogP contribution in [0.2, 0.25) is 0 Å². The number of ether oxygens (including phenoxy) is 2. The van der Waals surface area contributed by atoms with E-state index in [-0.39, 0.29) is 13.2 Å². The Morgan fingerprint density at radius 2 is 1.33 bits per heavy atom. The standard InChI is InChI=1S/C43H80NO7P/c1-8-13-15-17-18-19-20-21-22-23-24-25-26-28-30-32-38(7)44-40-42(47-36-33-37(6)31-29-27-16-14-9-2)41(39(12-5)50-43(40)45)51-52(46,48-34-10-3)49-35-11-4/h10-11,19-20,37,39-45H,3-4,7-9,12-18,21-36H2,1-2,5-6H3/b20-19-/t37-,39-,40-,41-,42-,43?/m1/s1. The van der Waals surface area contributed by atoms with E-state index in [1.807, 2.05) is 6.92 Å². The van der Waals surface area contributed by atoms with Crippen LogP contribution in [-0.4, -0.2) is 55.6 Å². The second kappa shape index (κ2) is 32.0. The molecule has 52 heavy (non-hydrogen) atoms. The van der Waals surface area contributed by atoms with E-state index >= 15 is 0 Å². The largest absolute Gasteiger partial charge is 0.475 e. The van der Waals surface area contributed by atoms with Crippen molar-refractivity contribution < 1.29 is 32.7 Å². The van der Waals surface area contributed by atoms with E-state index in [9.17, 15) is 9.67 Å². The molecule has 1 saturated heterocycles. The summed E-state index contributed by atoms with van der Waals surface area (Å²) in [5, 5.41) is 14.7. The highest BCUT2D eigenvalue weighted by Crippen LogP contribution is 2.52. The highest BCUT2D eigenvalue weighted by molar-refractivity contribution is 7.48. The molecule has 0 aromatic heterocycles. The van der Waals surface area contributed by atoms with E-state index in [1.165, 1.54) is 115 Å². The van der Waals surface area contributed by atoms with Gasteiger partial charge in [-0.3, -0.25) is 13.6 Å². The summed E-state index contributed by atoms with van der Waals surface area (Å²) in [7, 11) is -4.05. The van der Waals surface area contributed by atoms with Crippen LogP contribution in [0.4, 0.5) is 0 Å². The zero-order valence-corrected chi connectivity index (χ0v) is 34.8. The van der Waals surface area contributed by atoms with E-state index < -0.39 is 38.5 Å². The summed E-state index contributed by atoms with van der Waals surface area (Å²) in [4.78, 5) is 0. The molecule has 0 aliphatic carbocycles. The molecule has 1 rings (SSSR count). The fraction of sp³-hybridized carbons (Fsp3) is 0.814. The average Bonchev–Trinajstić information content (AvgIpc) is 3.13. The molecule has 1 fully saturated rings. The molecular formula is C43H80NO7P. The molecule has 0 bridgehead atoms. The Labute approximate surface area is 320 Å². The molecule has 1 aliphatic heterocycles. The van der Waals surface area contributed by atoms with Gasteiger partial charge in [0.1, 0.15) is 18.2 Å². The predicted molar refractivity (Wildman–Crippen MR) is 218 cm³/mol. The maximum atomic E-state index is 13.8. The summed E-state index contributed by atoms with van der Waals surface area (Å²) in [6.07, 6.45) is 30.2. The first-order chi connectivity index (χ1) is 25.2. The van der Waals surface area contributed by atoms with Crippen molar-refractivity contribution in [3.8, 4) is 0 Å². The van der Waals surface area contributed by atoms with Crippen LogP contribution in [0, 0.1) is 5.92 Å². The van der Waals surface area contributed by atoms with Crippen molar-refractivity contribution in [2.24, 2.45) is 5.92 Å². The van der Waals surface area contributed by atoms with Crippen molar-refractivity contribution >= 4 is 7.82 Å². The van der Waals surface area contributed by atoms with Crippen molar-refractivity contribution in [2.45, 2.75) is 200 Å². The van der Waals surface area contributed by atoms with Crippen molar-refractivity contribution in [2.75, 3.05) is 19.8 Å². The Kier molecular flexibility index (Phi) is 30.0. The third-order valence-corrected chi connectivity index (χ3v) is 11.3. The van der Waals surface area contributed by atoms with E-state index in [2.05, 4.69) is 58.0 Å². The Morgan fingerprint density at radius 1 is 0.788 bits per heavy atom. The van der Waals surface area contributed by atoms with Crippen LogP contribution in [0.3, 0.4) is 0 Å². The Hall–Kier alpha value is -1.25. The minimum absolute atomic E-state index is 0.0161. The molecule has 8 nitrogen and oxygen atoms in total. The number of unbranched alkanes of at least 4 members (excludes halogenated alkanes) is 15. The number of hydrogen-bond donors (Lipinski definition) is 2. The first-order valence-electron chi connectivity index (χ1n) is 21.1. The molecule has 9 heteroatoms. The van der Waals surface area contributed by atoms with Gasteiger partial charge >= 0.3 is 7.82 Å². The summed E-state index contributed by atoms with van der Waals surface area (Å²) in [6.45, 7) is 20.8. The van der Waals surface area contributed by atoms with Crippen molar-refractivity contribution in [1.82, 2.24) is 5.32 Å². The lowest BCUT2D eigenvalue weighted by molar-refractivity contribution is -0.253. The quantitative estimate of drug-likeness (QED) is 0.0371. The van der Waals surface area contributed by atoms with E-state index in [0.717, 1.165) is 37.8 Å². The van der Waals surface area contributed by atoms with Crippen LogP contribution in [0.25, 0.3) is 0 Å². The molecule has 1 heterocycles. The molecule has 304 valence electrons. The van der Waals surface area contributed by atoms with Crippen LogP contribution < -0.4 is 5.32 Å². The first-order valence-corrected chi connectivity index (χ1v) is 22.5. The van der Waals surface area contributed by atoms with Gasteiger partial charge in [0.2, 0.25) is 0 Å². The molecular weight excluding hydrogens is 673 g/mol. The number of hydrogen-bond acceptors (Lipinski definition) is 8. The van der Waals surface area contributed by atoms with Crippen LogP contribution in [-0.2, 0) is 27.6 Å². The molecule has 0 radical (unpaired) electrons. The van der Waals surface area contributed by atoms with Crippen molar-refractivity contribution in [3.05, 3.63) is 49.7 Å². The zero-order chi connectivity index (χ0) is 38.3. The number of phosphoric acid groups is 1. The summed E-state index contributed by atoms with van der Waals surface area (Å²) < 4.78 is 43.7. The predicted octanol–water partition coefficient (Wildman–Crippen LogP) is 12.3. The minimum atomic E-state index is -4.05. The number of aliphatic hydroxyl groups excluding tert-OH is 1. The molecule has 0 aromatic carbocycles. The lowest BCUT2D eigenvalue weighted by atomic mass is 9.94. The number of aliphatic hydroxyl groups is 1. The van der Waals surface area contributed by atoms with Gasteiger partial charge in [0.25, 0.3) is 0 Å². The molecule has 0 aromatic rings. The number of rotatable bonds is 36. The van der Waals surface area contributed by atoms with Gasteiger partial charge in [-0.05, 0) is 57.3 Å². The van der Waals surface area contributed by atoms with Gasteiger partial charge in [-0.25, -0.2) is 4.57 Å². The highest BCUT2D eigenvalue weighted by Gasteiger charge is 2.50.